The lowest BCUT2D eigenvalue weighted by molar-refractivity contribution is -0.114. The van der Waals surface area contributed by atoms with Gasteiger partial charge in [-0.3, -0.25) is 9.59 Å². The van der Waals surface area contributed by atoms with Crippen molar-refractivity contribution in [3.8, 4) is 0 Å². The molecule has 2 amide bonds. The standard InChI is InChI=1S/C19H26N2O2/c1-13(22)20-17-9-7-15(8-10-17)19(23)21-18-11-6-14-4-2-3-5-16(14)12-18/h7-10,14,16,18H,2-6,11-12H2,1H3,(H,20,22)(H,21,23)/t14-,16+,18-/m1/s1. The molecule has 23 heavy (non-hydrogen) atoms. The Labute approximate surface area is 138 Å². The molecular formula is C19H26N2O2. The number of hydrogen-bond donors (Lipinski definition) is 2. The fourth-order valence-corrected chi connectivity index (χ4v) is 4.18. The molecule has 1 aromatic rings. The van der Waals surface area contributed by atoms with Gasteiger partial charge in [0.15, 0.2) is 0 Å². The molecule has 0 radical (unpaired) electrons. The van der Waals surface area contributed by atoms with Gasteiger partial charge >= 0.3 is 0 Å². The predicted molar refractivity (Wildman–Crippen MR) is 91.3 cm³/mol. The molecule has 124 valence electrons. The molecule has 2 N–H and O–H groups in total. The van der Waals surface area contributed by atoms with E-state index in [1.165, 1.54) is 39.0 Å². The molecule has 2 aliphatic rings. The molecule has 0 unspecified atom stereocenters. The molecule has 2 aliphatic carbocycles. The number of anilines is 1. The molecule has 4 heteroatoms. The summed E-state index contributed by atoms with van der Waals surface area (Å²) in [6.07, 6.45) is 8.97. The van der Waals surface area contributed by atoms with E-state index >= 15 is 0 Å². The summed E-state index contributed by atoms with van der Waals surface area (Å²) in [4.78, 5) is 23.4. The minimum Gasteiger partial charge on any atom is -0.349 e. The maximum atomic E-state index is 12.4. The van der Waals surface area contributed by atoms with E-state index in [4.69, 9.17) is 0 Å². The van der Waals surface area contributed by atoms with Crippen LogP contribution in [0.4, 0.5) is 5.69 Å². The van der Waals surface area contributed by atoms with Crippen molar-refractivity contribution >= 4 is 17.5 Å². The van der Waals surface area contributed by atoms with Gasteiger partial charge in [0.2, 0.25) is 5.91 Å². The lowest BCUT2D eigenvalue weighted by atomic mass is 9.69. The molecule has 0 heterocycles. The van der Waals surface area contributed by atoms with Gasteiger partial charge in [0.25, 0.3) is 5.91 Å². The zero-order valence-electron chi connectivity index (χ0n) is 13.8. The second-order valence-corrected chi connectivity index (χ2v) is 7.05. The van der Waals surface area contributed by atoms with Gasteiger partial charge in [-0.15, -0.1) is 0 Å². The fraction of sp³-hybridized carbons (Fsp3) is 0.579. The van der Waals surface area contributed by atoms with E-state index in [1.54, 1.807) is 24.3 Å². The summed E-state index contributed by atoms with van der Waals surface area (Å²) >= 11 is 0. The third kappa shape index (κ3) is 4.12. The van der Waals surface area contributed by atoms with Gasteiger partial charge in [-0.25, -0.2) is 0 Å². The van der Waals surface area contributed by atoms with Crippen molar-refractivity contribution < 1.29 is 9.59 Å². The van der Waals surface area contributed by atoms with Crippen LogP contribution in [0.5, 0.6) is 0 Å². The number of benzene rings is 1. The lowest BCUT2D eigenvalue weighted by Gasteiger charge is -2.39. The molecule has 0 aromatic heterocycles. The molecule has 1 aromatic carbocycles. The van der Waals surface area contributed by atoms with E-state index in [9.17, 15) is 9.59 Å². The zero-order chi connectivity index (χ0) is 16.2. The quantitative estimate of drug-likeness (QED) is 0.893. The zero-order valence-corrected chi connectivity index (χ0v) is 13.8. The van der Waals surface area contributed by atoms with E-state index in [2.05, 4.69) is 10.6 Å². The SMILES string of the molecule is CC(=O)Nc1ccc(C(=O)N[C@@H]2CC[C@H]3CCCC[C@H]3C2)cc1. The van der Waals surface area contributed by atoms with Gasteiger partial charge in [-0.05, 0) is 55.4 Å². The number of nitrogens with one attached hydrogen (secondary N) is 2. The van der Waals surface area contributed by atoms with Crippen molar-refractivity contribution in [1.29, 1.82) is 0 Å². The van der Waals surface area contributed by atoms with Crippen LogP contribution in [0, 0.1) is 11.8 Å². The van der Waals surface area contributed by atoms with Crippen LogP contribution in [-0.2, 0) is 4.79 Å². The molecule has 3 rings (SSSR count). The van der Waals surface area contributed by atoms with Crippen molar-refractivity contribution in [2.75, 3.05) is 5.32 Å². The highest BCUT2D eigenvalue weighted by Crippen LogP contribution is 2.40. The Bertz CT molecular complexity index is 567. The Morgan fingerprint density at radius 3 is 2.35 bits per heavy atom. The summed E-state index contributed by atoms with van der Waals surface area (Å²) in [5.74, 6) is 1.60. The van der Waals surface area contributed by atoms with Crippen molar-refractivity contribution in [2.24, 2.45) is 11.8 Å². The Morgan fingerprint density at radius 2 is 1.65 bits per heavy atom. The smallest absolute Gasteiger partial charge is 0.251 e. The van der Waals surface area contributed by atoms with Gasteiger partial charge in [0.05, 0.1) is 0 Å². The van der Waals surface area contributed by atoms with Crippen LogP contribution >= 0.6 is 0 Å². The molecule has 0 aliphatic heterocycles. The van der Waals surface area contributed by atoms with Crippen LogP contribution < -0.4 is 10.6 Å². The molecule has 2 fully saturated rings. The molecule has 2 saturated carbocycles. The number of rotatable bonds is 3. The Balaban J connectivity index is 1.55. The topological polar surface area (TPSA) is 58.2 Å². The highest BCUT2D eigenvalue weighted by atomic mass is 16.2. The van der Waals surface area contributed by atoms with Gasteiger partial charge in [-0.2, -0.15) is 0 Å². The highest BCUT2D eigenvalue weighted by Gasteiger charge is 2.32. The molecule has 0 saturated heterocycles. The van der Waals surface area contributed by atoms with Crippen LogP contribution in [-0.4, -0.2) is 17.9 Å². The summed E-state index contributed by atoms with van der Waals surface area (Å²) in [5.41, 5.74) is 1.38. The van der Waals surface area contributed by atoms with E-state index in [-0.39, 0.29) is 11.8 Å². The highest BCUT2D eigenvalue weighted by molar-refractivity contribution is 5.95. The minimum absolute atomic E-state index is 0.00126. The van der Waals surface area contributed by atoms with Gasteiger partial charge < -0.3 is 10.6 Å². The predicted octanol–water partition coefficient (Wildman–Crippen LogP) is 3.73. The second kappa shape index (κ2) is 7.16. The molecule has 0 spiro atoms. The first kappa shape index (κ1) is 16.0. The van der Waals surface area contributed by atoms with Crippen LogP contribution in [0.25, 0.3) is 0 Å². The summed E-state index contributed by atoms with van der Waals surface area (Å²) in [7, 11) is 0. The van der Waals surface area contributed by atoms with Crippen molar-refractivity contribution in [1.82, 2.24) is 5.32 Å². The molecule has 0 bridgehead atoms. The van der Waals surface area contributed by atoms with Gasteiger partial charge in [0, 0.05) is 24.2 Å². The number of fused-ring (bicyclic) bond motifs is 1. The van der Waals surface area contributed by atoms with Crippen molar-refractivity contribution in [3.05, 3.63) is 29.8 Å². The van der Waals surface area contributed by atoms with Gasteiger partial charge in [0.1, 0.15) is 0 Å². The average molecular weight is 314 g/mol. The average Bonchev–Trinajstić information content (AvgIpc) is 2.55. The summed E-state index contributed by atoms with van der Waals surface area (Å²) in [5, 5.41) is 5.91. The summed E-state index contributed by atoms with van der Waals surface area (Å²) in [6.45, 7) is 1.47. The number of amides is 2. The molecular weight excluding hydrogens is 288 g/mol. The fourth-order valence-electron chi connectivity index (χ4n) is 4.18. The van der Waals surface area contributed by atoms with Crippen LogP contribution in [0.2, 0.25) is 0 Å². The summed E-state index contributed by atoms with van der Waals surface area (Å²) < 4.78 is 0. The third-order valence-corrected chi connectivity index (χ3v) is 5.34. The van der Waals surface area contributed by atoms with E-state index in [1.807, 2.05) is 0 Å². The lowest BCUT2D eigenvalue weighted by Crippen LogP contribution is -2.41. The van der Waals surface area contributed by atoms with Crippen molar-refractivity contribution in [3.63, 3.8) is 0 Å². The number of carbonyl (C=O) groups is 2. The molecule has 3 atom stereocenters. The number of carbonyl (C=O) groups excluding carboxylic acids is 2. The number of hydrogen-bond acceptors (Lipinski definition) is 2. The second-order valence-electron chi connectivity index (χ2n) is 7.05. The maximum Gasteiger partial charge on any atom is 0.251 e. The van der Waals surface area contributed by atoms with Crippen LogP contribution in [0.1, 0.15) is 62.2 Å². The first-order chi connectivity index (χ1) is 11.1. The van der Waals surface area contributed by atoms with E-state index in [0.717, 1.165) is 30.4 Å². The molecule has 4 nitrogen and oxygen atoms in total. The largest absolute Gasteiger partial charge is 0.349 e. The monoisotopic (exact) mass is 314 g/mol. The van der Waals surface area contributed by atoms with Crippen LogP contribution in [0.15, 0.2) is 24.3 Å². The summed E-state index contributed by atoms with van der Waals surface area (Å²) in [6, 6.07) is 7.40. The maximum absolute atomic E-state index is 12.4. The Morgan fingerprint density at radius 1 is 0.957 bits per heavy atom. The minimum atomic E-state index is -0.105. The van der Waals surface area contributed by atoms with Crippen molar-refractivity contribution in [2.45, 2.75) is 57.9 Å². The Hall–Kier alpha value is -1.84. The van der Waals surface area contributed by atoms with Crippen LogP contribution in [0.3, 0.4) is 0 Å². The van der Waals surface area contributed by atoms with E-state index in [0.29, 0.717) is 11.6 Å². The Kier molecular flexibility index (Phi) is 4.99. The first-order valence-electron chi connectivity index (χ1n) is 8.80. The first-order valence-corrected chi connectivity index (χ1v) is 8.80. The van der Waals surface area contributed by atoms with Gasteiger partial charge in [-0.1, -0.05) is 25.7 Å². The third-order valence-electron chi connectivity index (χ3n) is 5.34. The normalized spacial score (nSPS) is 26.9. The van der Waals surface area contributed by atoms with E-state index < -0.39 is 0 Å².